The number of amides is 1. The molecular formula is C16H19F3N4OS. The second-order valence-electron chi connectivity index (χ2n) is 6.17. The Hall–Kier alpha value is -1.77. The number of hydrogen-bond donors (Lipinski definition) is 1. The lowest BCUT2D eigenvalue weighted by molar-refractivity contribution is -0.137. The van der Waals surface area contributed by atoms with Gasteiger partial charge in [0.25, 0.3) is 0 Å². The van der Waals surface area contributed by atoms with Crippen LogP contribution in [0.1, 0.15) is 44.1 Å². The average molecular weight is 372 g/mol. The summed E-state index contributed by atoms with van der Waals surface area (Å²) in [5.74, 6) is -0.0197. The highest BCUT2D eigenvalue weighted by atomic mass is 32.2. The van der Waals surface area contributed by atoms with Crippen molar-refractivity contribution < 1.29 is 18.0 Å². The molecule has 1 aliphatic rings. The highest BCUT2D eigenvalue weighted by Gasteiger charge is 2.31. The maximum atomic E-state index is 12.8. The summed E-state index contributed by atoms with van der Waals surface area (Å²) in [4.78, 5) is 12.1. The molecule has 0 aliphatic heterocycles. The standard InChI is InChI=1S/C16H19F3N4OS/c17-16(18,19)11-7-8-13-21-22-15(23(13)9-11)25-10-14(24)20-12-5-3-1-2-4-6-12/h7-9,12H,1-6,10H2,(H,20,24). The molecule has 1 saturated carbocycles. The van der Waals surface area contributed by atoms with Crippen molar-refractivity contribution >= 4 is 23.3 Å². The van der Waals surface area contributed by atoms with Crippen LogP contribution in [0.4, 0.5) is 13.2 Å². The Balaban J connectivity index is 1.63. The highest BCUT2D eigenvalue weighted by molar-refractivity contribution is 7.99. The van der Waals surface area contributed by atoms with Crippen molar-refractivity contribution in [3.63, 3.8) is 0 Å². The Morgan fingerprint density at radius 1 is 1.20 bits per heavy atom. The molecule has 0 spiro atoms. The Morgan fingerprint density at radius 2 is 1.92 bits per heavy atom. The first kappa shape index (κ1) is 18.0. The molecule has 0 unspecified atom stereocenters. The number of thioether (sulfide) groups is 1. The van der Waals surface area contributed by atoms with Gasteiger partial charge in [0.1, 0.15) is 0 Å². The van der Waals surface area contributed by atoms with E-state index in [0.29, 0.717) is 5.65 Å². The number of hydrogen-bond acceptors (Lipinski definition) is 4. The molecule has 2 aromatic rings. The van der Waals surface area contributed by atoms with Gasteiger partial charge in [-0.05, 0) is 25.0 Å². The third-order valence-electron chi connectivity index (χ3n) is 4.25. The van der Waals surface area contributed by atoms with Gasteiger partial charge < -0.3 is 5.32 Å². The molecule has 1 amide bonds. The minimum atomic E-state index is -4.43. The molecule has 1 aliphatic carbocycles. The zero-order chi connectivity index (χ0) is 17.9. The normalized spacial score (nSPS) is 16.8. The summed E-state index contributed by atoms with van der Waals surface area (Å²) >= 11 is 1.09. The van der Waals surface area contributed by atoms with Crippen LogP contribution in [0.3, 0.4) is 0 Å². The molecular weight excluding hydrogens is 353 g/mol. The predicted molar refractivity (Wildman–Crippen MR) is 88.3 cm³/mol. The molecule has 9 heteroatoms. The van der Waals surface area contributed by atoms with Crippen LogP contribution in [0.2, 0.25) is 0 Å². The van der Waals surface area contributed by atoms with E-state index in [0.717, 1.165) is 49.7 Å². The quantitative estimate of drug-likeness (QED) is 0.657. The van der Waals surface area contributed by atoms with Gasteiger partial charge in [-0.15, -0.1) is 10.2 Å². The van der Waals surface area contributed by atoms with Crippen molar-refractivity contribution in [1.29, 1.82) is 0 Å². The molecule has 0 saturated heterocycles. The fraction of sp³-hybridized carbons (Fsp3) is 0.562. The van der Waals surface area contributed by atoms with Crippen molar-refractivity contribution in [1.82, 2.24) is 19.9 Å². The van der Waals surface area contributed by atoms with Crippen LogP contribution in [0.15, 0.2) is 23.5 Å². The third kappa shape index (κ3) is 4.65. The van der Waals surface area contributed by atoms with Crippen molar-refractivity contribution in [3.8, 4) is 0 Å². The number of alkyl halides is 3. The van der Waals surface area contributed by atoms with Gasteiger partial charge in [-0.25, -0.2) is 0 Å². The molecule has 1 N–H and O–H groups in total. The average Bonchev–Trinajstić information content (AvgIpc) is 2.79. The molecule has 25 heavy (non-hydrogen) atoms. The van der Waals surface area contributed by atoms with Gasteiger partial charge in [0.05, 0.1) is 11.3 Å². The lowest BCUT2D eigenvalue weighted by Crippen LogP contribution is -2.35. The smallest absolute Gasteiger partial charge is 0.353 e. The Kier molecular flexibility index (Phi) is 5.51. The number of carbonyl (C=O) groups is 1. The van der Waals surface area contributed by atoms with Gasteiger partial charge in [-0.2, -0.15) is 13.2 Å². The SMILES string of the molecule is O=C(CSc1nnc2ccc(C(F)(F)F)cn12)NC1CCCCCC1. The topological polar surface area (TPSA) is 59.3 Å². The van der Waals surface area contributed by atoms with Gasteiger partial charge in [-0.1, -0.05) is 37.4 Å². The molecule has 0 atom stereocenters. The molecule has 1 fully saturated rings. The van der Waals surface area contributed by atoms with E-state index in [1.807, 2.05) is 0 Å². The first-order valence-electron chi connectivity index (χ1n) is 8.27. The van der Waals surface area contributed by atoms with E-state index in [2.05, 4.69) is 15.5 Å². The summed E-state index contributed by atoms with van der Waals surface area (Å²) in [6, 6.07) is 2.44. The zero-order valence-corrected chi connectivity index (χ0v) is 14.4. The van der Waals surface area contributed by atoms with Crippen LogP contribution < -0.4 is 5.32 Å². The Bertz CT molecular complexity index is 739. The van der Waals surface area contributed by atoms with Crippen molar-refractivity contribution in [2.24, 2.45) is 0 Å². The Morgan fingerprint density at radius 3 is 2.60 bits per heavy atom. The van der Waals surface area contributed by atoms with Crippen LogP contribution >= 0.6 is 11.8 Å². The van der Waals surface area contributed by atoms with E-state index in [-0.39, 0.29) is 22.9 Å². The minimum Gasteiger partial charge on any atom is -0.353 e. The van der Waals surface area contributed by atoms with E-state index in [1.54, 1.807) is 0 Å². The van der Waals surface area contributed by atoms with Crippen molar-refractivity contribution in [2.75, 3.05) is 5.75 Å². The highest BCUT2D eigenvalue weighted by Crippen LogP contribution is 2.30. The number of aromatic nitrogens is 3. The third-order valence-corrected chi connectivity index (χ3v) is 5.19. The van der Waals surface area contributed by atoms with Gasteiger partial charge in [-0.3, -0.25) is 9.20 Å². The lowest BCUT2D eigenvalue weighted by atomic mass is 10.1. The van der Waals surface area contributed by atoms with E-state index >= 15 is 0 Å². The van der Waals surface area contributed by atoms with Gasteiger partial charge in [0.2, 0.25) is 5.91 Å². The first-order chi connectivity index (χ1) is 11.9. The van der Waals surface area contributed by atoms with Crippen molar-refractivity contribution in [3.05, 3.63) is 23.9 Å². The lowest BCUT2D eigenvalue weighted by Gasteiger charge is -2.15. The fourth-order valence-electron chi connectivity index (χ4n) is 2.96. The summed E-state index contributed by atoms with van der Waals surface area (Å²) in [5.41, 5.74) is -0.454. The van der Waals surface area contributed by atoms with E-state index in [9.17, 15) is 18.0 Å². The van der Waals surface area contributed by atoms with E-state index in [1.165, 1.54) is 23.3 Å². The van der Waals surface area contributed by atoms with Crippen LogP contribution in [-0.4, -0.2) is 32.3 Å². The second kappa shape index (κ2) is 7.63. The molecule has 2 aromatic heterocycles. The summed E-state index contributed by atoms with van der Waals surface area (Å²) in [6.45, 7) is 0. The first-order valence-corrected chi connectivity index (χ1v) is 9.26. The largest absolute Gasteiger partial charge is 0.417 e. The number of carbonyl (C=O) groups excluding carboxylic acids is 1. The molecule has 2 heterocycles. The number of pyridine rings is 1. The van der Waals surface area contributed by atoms with Gasteiger partial charge >= 0.3 is 6.18 Å². The fourth-order valence-corrected chi connectivity index (χ4v) is 3.69. The van der Waals surface area contributed by atoms with Gasteiger partial charge in [0, 0.05) is 12.2 Å². The predicted octanol–water partition coefficient (Wildman–Crippen LogP) is 3.68. The molecule has 3 rings (SSSR count). The molecule has 136 valence electrons. The zero-order valence-electron chi connectivity index (χ0n) is 13.6. The number of halogens is 3. The summed E-state index contributed by atoms with van der Waals surface area (Å²) < 4.78 is 39.8. The molecule has 0 bridgehead atoms. The summed E-state index contributed by atoms with van der Waals surface area (Å²) in [7, 11) is 0. The Labute approximate surface area is 147 Å². The minimum absolute atomic E-state index is 0.105. The number of fused-ring (bicyclic) bond motifs is 1. The molecule has 5 nitrogen and oxygen atoms in total. The summed E-state index contributed by atoms with van der Waals surface area (Å²) in [6.07, 6.45) is 3.14. The van der Waals surface area contributed by atoms with Crippen molar-refractivity contribution in [2.45, 2.75) is 55.9 Å². The van der Waals surface area contributed by atoms with Crippen LogP contribution in [0, 0.1) is 0 Å². The molecule has 0 radical (unpaired) electrons. The number of rotatable bonds is 4. The van der Waals surface area contributed by atoms with E-state index in [4.69, 9.17) is 0 Å². The number of nitrogens with zero attached hydrogens (tertiary/aromatic N) is 3. The maximum Gasteiger partial charge on any atom is 0.417 e. The van der Waals surface area contributed by atoms with E-state index < -0.39 is 11.7 Å². The molecule has 0 aromatic carbocycles. The second-order valence-corrected chi connectivity index (χ2v) is 7.11. The van der Waals surface area contributed by atoms with Crippen LogP contribution in [0.25, 0.3) is 5.65 Å². The van der Waals surface area contributed by atoms with Crippen LogP contribution in [0.5, 0.6) is 0 Å². The number of nitrogens with one attached hydrogen (secondary N) is 1. The summed E-state index contributed by atoms with van der Waals surface area (Å²) in [5, 5.41) is 11.0. The van der Waals surface area contributed by atoms with Crippen LogP contribution in [-0.2, 0) is 11.0 Å². The monoisotopic (exact) mass is 372 g/mol. The maximum absolute atomic E-state index is 12.8. The van der Waals surface area contributed by atoms with Gasteiger partial charge in [0.15, 0.2) is 10.8 Å².